The summed E-state index contributed by atoms with van der Waals surface area (Å²) < 4.78 is 5.47. The van der Waals surface area contributed by atoms with Crippen LogP contribution in [0.3, 0.4) is 0 Å². The van der Waals surface area contributed by atoms with Gasteiger partial charge in [-0.3, -0.25) is 9.69 Å². The first kappa shape index (κ1) is 16.8. The molecular weight excluding hydrogens is 274 g/mol. The third-order valence-corrected chi connectivity index (χ3v) is 3.91. The molecule has 0 N–H and O–H groups in total. The van der Waals surface area contributed by atoms with E-state index in [-0.39, 0.29) is 12.0 Å². The molecule has 0 saturated heterocycles. The van der Waals surface area contributed by atoms with Crippen molar-refractivity contribution in [1.29, 1.82) is 0 Å². The Hall–Kier alpha value is -1.61. The molecule has 1 aliphatic rings. The minimum Gasteiger partial charge on any atom is -0.460 e. The van der Waals surface area contributed by atoms with Crippen LogP contribution >= 0.6 is 0 Å². The Bertz CT molecular complexity index is 516. The van der Waals surface area contributed by atoms with E-state index in [1.807, 2.05) is 26.8 Å². The Labute approximate surface area is 134 Å². The van der Waals surface area contributed by atoms with Gasteiger partial charge >= 0.3 is 5.97 Å². The van der Waals surface area contributed by atoms with Gasteiger partial charge in [0.2, 0.25) is 0 Å². The van der Waals surface area contributed by atoms with Gasteiger partial charge in [0.05, 0.1) is 6.42 Å². The standard InChI is InChI=1S/C19H27NO2/c1-15(16-10-6-5-7-11-16)20-13-9-8-12-17(20)14-18(21)22-19(2,3)4/h5-8,10-12,15,17H,9,13-14H2,1-4H3/t15-,17?/m1/s1. The summed E-state index contributed by atoms with van der Waals surface area (Å²) in [5.74, 6) is -0.130. The molecule has 0 aliphatic carbocycles. The van der Waals surface area contributed by atoms with Gasteiger partial charge in [0.15, 0.2) is 0 Å². The molecule has 0 fully saturated rings. The third kappa shape index (κ3) is 4.70. The maximum atomic E-state index is 12.1. The van der Waals surface area contributed by atoms with Gasteiger partial charge in [0, 0.05) is 18.6 Å². The first-order valence-corrected chi connectivity index (χ1v) is 8.06. The van der Waals surface area contributed by atoms with Crippen LogP contribution < -0.4 is 0 Å². The molecule has 1 aromatic carbocycles. The van der Waals surface area contributed by atoms with Crippen molar-refractivity contribution in [3.05, 3.63) is 48.0 Å². The lowest BCUT2D eigenvalue weighted by Gasteiger charge is -2.37. The van der Waals surface area contributed by atoms with E-state index in [0.29, 0.717) is 12.5 Å². The molecule has 2 rings (SSSR count). The number of hydrogen-bond donors (Lipinski definition) is 0. The first-order valence-electron chi connectivity index (χ1n) is 8.06. The largest absolute Gasteiger partial charge is 0.460 e. The van der Waals surface area contributed by atoms with Crippen LogP contribution in [0.25, 0.3) is 0 Å². The van der Waals surface area contributed by atoms with Gasteiger partial charge in [-0.2, -0.15) is 0 Å². The number of carbonyl (C=O) groups is 1. The lowest BCUT2D eigenvalue weighted by atomic mass is 10.00. The molecule has 1 unspecified atom stereocenters. The molecule has 2 atom stereocenters. The van der Waals surface area contributed by atoms with Gasteiger partial charge < -0.3 is 4.74 Å². The summed E-state index contributed by atoms with van der Waals surface area (Å²) in [5.41, 5.74) is 0.859. The Balaban J connectivity index is 2.06. The molecule has 1 aliphatic heterocycles. The van der Waals surface area contributed by atoms with E-state index in [4.69, 9.17) is 4.74 Å². The first-order chi connectivity index (χ1) is 10.4. The van der Waals surface area contributed by atoms with Crippen molar-refractivity contribution in [1.82, 2.24) is 4.90 Å². The second-order valence-corrected chi connectivity index (χ2v) is 6.90. The molecule has 1 heterocycles. The minimum absolute atomic E-state index is 0.110. The second-order valence-electron chi connectivity index (χ2n) is 6.90. The summed E-state index contributed by atoms with van der Waals surface area (Å²) in [7, 11) is 0. The fourth-order valence-electron chi connectivity index (χ4n) is 2.90. The van der Waals surface area contributed by atoms with E-state index < -0.39 is 5.60 Å². The van der Waals surface area contributed by atoms with Crippen molar-refractivity contribution in [2.75, 3.05) is 6.54 Å². The van der Waals surface area contributed by atoms with Crippen molar-refractivity contribution in [2.45, 2.75) is 58.2 Å². The van der Waals surface area contributed by atoms with Gasteiger partial charge in [0.25, 0.3) is 0 Å². The number of nitrogens with zero attached hydrogens (tertiary/aromatic N) is 1. The fraction of sp³-hybridized carbons (Fsp3) is 0.526. The number of benzene rings is 1. The van der Waals surface area contributed by atoms with Crippen LogP contribution in [0, 0.1) is 0 Å². The predicted octanol–water partition coefficient (Wildman–Crippen LogP) is 4.11. The predicted molar refractivity (Wildman–Crippen MR) is 89.6 cm³/mol. The Morgan fingerprint density at radius 1 is 1.32 bits per heavy atom. The lowest BCUT2D eigenvalue weighted by molar-refractivity contribution is -0.156. The molecule has 0 saturated carbocycles. The minimum atomic E-state index is -0.425. The average molecular weight is 301 g/mol. The molecule has 3 nitrogen and oxygen atoms in total. The summed E-state index contributed by atoms with van der Waals surface area (Å²) in [6.07, 6.45) is 5.75. The van der Waals surface area contributed by atoms with E-state index in [0.717, 1.165) is 13.0 Å². The second kappa shape index (κ2) is 7.10. The molecule has 0 aromatic heterocycles. The van der Waals surface area contributed by atoms with E-state index >= 15 is 0 Å². The summed E-state index contributed by atoms with van der Waals surface area (Å²) in [6, 6.07) is 10.9. The average Bonchev–Trinajstić information content (AvgIpc) is 2.46. The zero-order chi connectivity index (χ0) is 16.2. The zero-order valence-electron chi connectivity index (χ0n) is 14.1. The summed E-state index contributed by atoms with van der Waals surface area (Å²) in [4.78, 5) is 14.5. The highest BCUT2D eigenvalue weighted by molar-refractivity contribution is 5.71. The topological polar surface area (TPSA) is 29.5 Å². The van der Waals surface area contributed by atoms with Crippen molar-refractivity contribution >= 4 is 5.97 Å². The normalized spacial score (nSPS) is 20.6. The number of carbonyl (C=O) groups excluding carboxylic acids is 1. The third-order valence-electron chi connectivity index (χ3n) is 3.91. The van der Waals surface area contributed by atoms with Crippen LogP contribution in [0.5, 0.6) is 0 Å². The zero-order valence-corrected chi connectivity index (χ0v) is 14.1. The van der Waals surface area contributed by atoms with Crippen LogP contribution in [0.15, 0.2) is 42.5 Å². The molecule has 1 aromatic rings. The Morgan fingerprint density at radius 3 is 2.64 bits per heavy atom. The van der Waals surface area contributed by atoms with Crippen LogP contribution in [0.2, 0.25) is 0 Å². The number of hydrogen-bond acceptors (Lipinski definition) is 3. The highest BCUT2D eigenvalue weighted by atomic mass is 16.6. The van der Waals surface area contributed by atoms with Gasteiger partial charge in [-0.05, 0) is 39.7 Å². The van der Waals surface area contributed by atoms with Crippen molar-refractivity contribution < 1.29 is 9.53 Å². The Morgan fingerprint density at radius 2 is 2.00 bits per heavy atom. The molecule has 0 amide bonds. The fourth-order valence-corrected chi connectivity index (χ4v) is 2.90. The number of esters is 1. The SMILES string of the molecule is C[C@H](c1ccccc1)N1CCC=CC1CC(=O)OC(C)(C)C. The van der Waals surface area contributed by atoms with E-state index in [9.17, 15) is 4.79 Å². The maximum absolute atomic E-state index is 12.1. The maximum Gasteiger partial charge on any atom is 0.308 e. The van der Waals surface area contributed by atoms with Crippen molar-refractivity contribution in [2.24, 2.45) is 0 Å². The quantitative estimate of drug-likeness (QED) is 0.619. The smallest absolute Gasteiger partial charge is 0.308 e. The van der Waals surface area contributed by atoms with E-state index in [1.165, 1.54) is 5.56 Å². The van der Waals surface area contributed by atoms with Crippen LogP contribution in [-0.4, -0.2) is 29.1 Å². The van der Waals surface area contributed by atoms with E-state index in [1.54, 1.807) is 0 Å². The lowest BCUT2D eigenvalue weighted by Crippen LogP contribution is -2.41. The van der Waals surface area contributed by atoms with Crippen molar-refractivity contribution in [3.63, 3.8) is 0 Å². The van der Waals surface area contributed by atoms with E-state index in [2.05, 4.69) is 48.2 Å². The number of rotatable bonds is 4. The molecular formula is C19H27NO2. The molecule has 0 spiro atoms. The number of ether oxygens (including phenoxy) is 1. The monoisotopic (exact) mass is 301 g/mol. The highest BCUT2D eigenvalue weighted by Crippen LogP contribution is 2.27. The molecule has 0 bridgehead atoms. The van der Waals surface area contributed by atoms with Gasteiger partial charge in [-0.15, -0.1) is 0 Å². The van der Waals surface area contributed by atoms with Crippen LogP contribution in [-0.2, 0) is 9.53 Å². The summed E-state index contributed by atoms with van der Waals surface area (Å²) in [6.45, 7) is 8.90. The Kier molecular flexibility index (Phi) is 5.41. The van der Waals surface area contributed by atoms with Crippen molar-refractivity contribution in [3.8, 4) is 0 Å². The van der Waals surface area contributed by atoms with Gasteiger partial charge in [0.1, 0.15) is 5.60 Å². The summed E-state index contributed by atoms with van der Waals surface area (Å²) >= 11 is 0. The van der Waals surface area contributed by atoms with Crippen LogP contribution in [0.4, 0.5) is 0 Å². The molecule has 3 heteroatoms. The van der Waals surface area contributed by atoms with Gasteiger partial charge in [-0.1, -0.05) is 42.5 Å². The molecule has 120 valence electrons. The van der Waals surface area contributed by atoms with Crippen LogP contribution in [0.1, 0.15) is 52.1 Å². The molecule has 22 heavy (non-hydrogen) atoms. The van der Waals surface area contributed by atoms with Gasteiger partial charge in [-0.25, -0.2) is 0 Å². The summed E-state index contributed by atoms with van der Waals surface area (Å²) in [5, 5.41) is 0. The molecule has 0 radical (unpaired) electrons. The highest BCUT2D eigenvalue weighted by Gasteiger charge is 2.28.